The lowest BCUT2D eigenvalue weighted by Crippen LogP contribution is -2.06. The Hall–Kier alpha value is -2.00. The van der Waals surface area contributed by atoms with Crippen molar-refractivity contribution >= 4 is 22.6 Å². The molecule has 0 aliphatic carbocycles. The molecule has 0 N–H and O–H groups in total. The van der Waals surface area contributed by atoms with Gasteiger partial charge in [0.05, 0.1) is 23.2 Å². The fourth-order valence-corrected chi connectivity index (χ4v) is 2.91. The van der Waals surface area contributed by atoms with Gasteiger partial charge in [-0.25, -0.2) is 4.98 Å². The summed E-state index contributed by atoms with van der Waals surface area (Å²) in [4.78, 5) is 4.80. The average Bonchev–Trinajstić information content (AvgIpc) is 2.85. The minimum absolute atomic E-state index is 0.532. The summed E-state index contributed by atoms with van der Waals surface area (Å²) < 4.78 is 7.49. The number of nitrogens with zero attached hydrogens (tertiary/aromatic N) is 2. The number of rotatable bonds is 4. The molecule has 0 radical (unpaired) electrons. The maximum absolute atomic E-state index is 6.27. The van der Waals surface area contributed by atoms with Crippen LogP contribution >= 0.6 is 11.6 Å². The minimum Gasteiger partial charge on any atom is -0.495 e. The molecule has 114 valence electrons. The number of aromatic nitrogens is 2. The Morgan fingerprint density at radius 2 is 1.95 bits per heavy atom. The van der Waals surface area contributed by atoms with E-state index in [0.717, 1.165) is 29.0 Å². The second kappa shape index (κ2) is 6.01. The lowest BCUT2D eigenvalue weighted by atomic mass is 10.1. The number of para-hydroxylation sites is 2. The Kier molecular flexibility index (Phi) is 4.08. The summed E-state index contributed by atoms with van der Waals surface area (Å²) >= 11 is 6.27. The van der Waals surface area contributed by atoms with Gasteiger partial charge in [0.2, 0.25) is 0 Å². The SMILES string of the molecule is COc1ccc(-c2nc3ccccc3n2CC(C)C)cc1Cl. The van der Waals surface area contributed by atoms with Gasteiger partial charge in [0.25, 0.3) is 0 Å². The van der Waals surface area contributed by atoms with Gasteiger partial charge in [-0.05, 0) is 36.2 Å². The Morgan fingerprint density at radius 3 is 2.64 bits per heavy atom. The third-order valence-corrected chi connectivity index (χ3v) is 3.91. The van der Waals surface area contributed by atoms with Crippen LogP contribution in [0, 0.1) is 5.92 Å². The Bertz CT molecular complexity index is 808. The van der Waals surface area contributed by atoms with Crippen molar-refractivity contribution in [2.45, 2.75) is 20.4 Å². The zero-order valence-electron chi connectivity index (χ0n) is 13.0. The van der Waals surface area contributed by atoms with Gasteiger partial charge in [0, 0.05) is 12.1 Å². The number of imidazole rings is 1. The smallest absolute Gasteiger partial charge is 0.141 e. The van der Waals surface area contributed by atoms with Crippen LogP contribution in [-0.2, 0) is 6.54 Å². The molecule has 0 aliphatic rings. The van der Waals surface area contributed by atoms with Crippen molar-refractivity contribution in [2.75, 3.05) is 7.11 Å². The molecule has 0 saturated heterocycles. The molecule has 3 nitrogen and oxygen atoms in total. The lowest BCUT2D eigenvalue weighted by Gasteiger charge is -2.12. The number of ether oxygens (including phenoxy) is 1. The number of fused-ring (bicyclic) bond motifs is 1. The zero-order valence-corrected chi connectivity index (χ0v) is 13.8. The molecule has 0 saturated carbocycles. The maximum Gasteiger partial charge on any atom is 0.141 e. The van der Waals surface area contributed by atoms with Crippen molar-refractivity contribution in [3.8, 4) is 17.1 Å². The molecule has 0 bridgehead atoms. The molecule has 3 rings (SSSR count). The quantitative estimate of drug-likeness (QED) is 0.676. The highest BCUT2D eigenvalue weighted by molar-refractivity contribution is 6.32. The molecule has 2 aromatic carbocycles. The van der Waals surface area contributed by atoms with Gasteiger partial charge < -0.3 is 9.30 Å². The van der Waals surface area contributed by atoms with E-state index in [9.17, 15) is 0 Å². The van der Waals surface area contributed by atoms with E-state index >= 15 is 0 Å². The molecule has 22 heavy (non-hydrogen) atoms. The fourth-order valence-electron chi connectivity index (χ4n) is 2.65. The number of methoxy groups -OCH3 is 1. The first-order valence-corrected chi connectivity index (χ1v) is 7.77. The van der Waals surface area contributed by atoms with Gasteiger partial charge in [0.1, 0.15) is 11.6 Å². The normalized spacial score (nSPS) is 11.3. The van der Waals surface area contributed by atoms with Crippen LogP contribution in [0.1, 0.15) is 13.8 Å². The predicted octanol–water partition coefficient (Wildman–Crippen LogP) is 5.02. The van der Waals surface area contributed by atoms with Crippen molar-refractivity contribution in [1.82, 2.24) is 9.55 Å². The molecule has 0 spiro atoms. The summed E-state index contributed by atoms with van der Waals surface area (Å²) in [6.07, 6.45) is 0. The Labute approximate surface area is 135 Å². The van der Waals surface area contributed by atoms with Crippen LogP contribution in [0.3, 0.4) is 0 Å². The molecule has 0 unspecified atom stereocenters. The lowest BCUT2D eigenvalue weighted by molar-refractivity contribution is 0.415. The molecule has 4 heteroatoms. The molecule has 0 aliphatic heterocycles. The number of hydrogen-bond acceptors (Lipinski definition) is 2. The molecule has 1 aromatic heterocycles. The summed E-state index contributed by atoms with van der Waals surface area (Å²) in [5.74, 6) is 2.15. The van der Waals surface area contributed by atoms with Crippen LogP contribution < -0.4 is 4.74 Å². The standard InChI is InChI=1S/C18H19ClN2O/c1-12(2)11-21-16-7-5-4-6-15(16)20-18(21)13-8-9-17(22-3)14(19)10-13/h4-10,12H,11H2,1-3H3. The number of halogens is 1. The third kappa shape index (κ3) is 2.69. The third-order valence-electron chi connectivity index (χ3n) is 3.61. The van der Waals surface area contributed by atoms with Crippen molar-refractivity contribution in [3.05, 3.63) is 47.5 Å². The van der Waals surface area contributed by atoms with E-state index in [0.29, 0.717) is 16.7 Å². The van der Waals surface area contributed by atoms with Gasteiger partial charge in [-0.1, -0.05) is 37.6 Å². The van der Waals surface area contributed by atoms with Crippen molar-refractivity contribution < 1.29 is 4.74 Å². The molecule has 0 amide bonds. The minimum atomic E-state index is 0.532. The molecule has 1 heterocycles. The molecule has 3 aromatic rings. The molecule has 0 fully saturated rings. The van der Waals surface area contributed by atoms with Crippen LogP contribution in [0.25, 0.3) is 22.4 Å². The molecular formula is C18H19ClN2O. The first-order chi connectivity index (χ1) is 10.6. The van der Waals surface area contributed by atoms with Gasteiger partial charge in [-0.3, -0.25) is 0 Å². The van der Waals surface area contributed by atoms with Crippen LogP contribution in [0.2, 0.25) is 5.02 Å². The van der Waals surface area contributed by atoms with Crippen molar-refractivity contribution in [2.24, 2.45) is 5.92 Å². The summed E-state index contributed by atoms with van der Waals surface area (Å²) in [5, 5.41) is 0.600. The second-order valence-corrected chi connectivity index (χ2v) is 6.19. The fraction of sp³-hybridized carbons (Fsp3) is 0.278. The average molecular weight is 315 g/mol. The Balaban J connectivity index is 2.19. The first kappa shape index (κ1) is 14.9. The van der Waals surface area contributed by atoms with Crippen molar-refractivity contribution in [1.29, 1.82) is 0 Å². The zero-order chi connectivity index (χ0) is 15.7. The number of benzene rings is 2. The second-order valence-electron chi connectivity index (χ2n) is 5.78. The highest BCUT2D eigenvalue weighted by atomic mass is 35.5. The highest BCUT2D eigenvalue weighted by Crippen LogP contribution is 2.32. The van der Waals surface area contributed by atoms with Crippen LogP contribution in [0.5, 0.6) is 5.75 Å². The van der Waals surface area contributed by atoms with Gasteiger partial charge in [0.15, 0.2) is 0 Å². The van der Waals surface area contributed by atoms with Gasteiger partial charge in [-0.15, -0.1) is 0 Å². The Morgan fingerprint density at radius 1 is 1.18 bits per heavy atom. The summed E-state index contributed by atoms with van der Waals surface area (Å²) in [6.45, 7) is 5.33. The molecule has 0 atom stereocenters. The summed E-state index contributed by atoms with van der Waals surface area (Å²) in [7, 11) is 1.62. The van der Waals surface area contributed by atoms with E-state index in [1.807, 2.05) is 36.4 Å². The van der Waals surface area contributed by atoms with E-state index < -0.39 is 0 Å². The molecular weight excluding hydrogens is 296 g/mol. The largest absolute Gasteiger partial charge is 0.495 e. The first-order valence-electron chi connectivity index (χ1n) is 7.39. The predicted molar refractivity (Wildman–Crippen MR) is 91.6 cm³/mol. The monoisotopic (exact) mass is 314 g/mol. The van der Waals surface area contributed by atoms with Gasteiger partial charge in [-0.2, -0.15) is 0 Å². The summed E-state index contributed by atoms with van der Waals surface area (Å²) in [5.41, 5.74) is 3.16. The number of hydrogen-bond donors (Lipinski definition) is 0. The van der Waals surface area contributed by atoms with Crippen LogP contribution in [0.4, 0.5) is 0 Å². The van der Waals surface area contributed by atoms with E-state index in [-0.39, 0.29) is 0 Å². The van der Waals surface area contributed by atoms with Crippen LogP contribution in [-0.4, -0.2) is 16.7 Å². The van der Waals surface area contributed by atoms with E-state index in [1.165, 1.54) is 0 Å². The topological polar surface area (TPSA) is 27.1 Å². The van der Waals surface area contributed by atoms with Crippen LogP contribution in [0.15, 0.2) is 42.5 Å². The van der Waals surface area contributed by atoms with E-state index in [4.69, 9.17) is 21.3 Å². The van der Waals surface area contributed by atoms with E-state index in [2.05, 4.69) is 24.5 Å². The highest BCUT2D eigenvalue weighted by Gasteiger charge is 2.14. The maximum atomic E-state index is 6.27. The summed E-state index contributed by atoms with van der Waals surface area (Å²) in [6, 6.07) is 14.0. The van der Waals surface area contributed by atoms with Gasteiger partial charge >= 0.3 is 0 Å². The van der Waals surface area contributed by atoms with Crippen molar-refractivity contribution in [3.63, 3.8) is 0 Å². The van der Waals surface area contributed by atoms with E-state index in [1.54, 1.807) is 7.11 Å².